The minimum Gasteiger partial charge on any atom is -0.367 e. The number of hydrogen-bond acceptors (Lipinski definition) is 4. The number of H-pyrrole nitrogens is 1. The predicted octanol–water partition coefficient (Wildman–Crippen LogP) is 0.470. The number of benzene rings is 1. The first-order valence-corrected chi connectivity index (χ1v) is 5.98. The Balaban J connectivity index is 2.66. The number of nitrogens with two attached hydrogens (primary N) is 1. The molecular formula is C12H13N5OS. The molecule has 1 unspecified atom stereocenters. The van der Waals surface area contributed by atoms with E-state index in [4.69, 9.17) is 18.0 Å². The van der Waals surface area contributed by atoms with Crippen molar-refractivity contribution in [2.45, 2.75) is 12.5 Å². The quantitative estimate of drug-likeness (QED) is 0.705. The lowest BCUT2D eigenvalue weighted by Gasteiger charge is -2.30. The number of aromatic nitrogens is 3. The first kappa shape index (κ1) is 13.2. The Morgan fingerprint density at radius 2 is 2.11 bits per heavy atom. The van der Waals surface area contributed by atoms with Crippen molar-refractivity contribution < 1.29 is 4.79 Å². The summed E-state index contributed by atoms with van der Waals surface area (Å²) in [4.78, 5) is 16.5. The van der Waals surface area contributed by atoms with Crippen molar-refractivity contribution in [2.24, 2.45) is 5.73 Å². The number of primary amides is 1. The molecule has 7 heteroatoms. The van der Waals surface area contributed by atoms with Crippen LogP contribution in [0.1, 0.15) is 18.3 Å². The van der Waals surface area contributed by atoms with Gasteiger partial charge in [-0.2, -0.15) is 5.10 Å². The van der Waals surface area contributed by atoms with Crippen molar-refractivity contribution in [3.05, 3.63) is 48.0 Å². The summed E-state index contributed by atoms with van der Waals surface area (Å²) in [5.41, 5.74) is 4.89. The number of carbonyl (C=O) groups is 1. The Morgan fingerprint density at radius 1 is 1.42 bits per heavy atom. The van der Waals surface area contributed by atoms with Crippen LogP contribution in [0, 0.1) is 0 Å². The molecule has 19 heavy (non-hydrogen) atoms. The topological polar surface area (TPSA) is 96.7 Å². The highest BCUT2D eigenvalue weighted by Crippen LogP contribution is 2.26. The van der Waals surface area contributed by atoms with Crippen molar-refractivity contribution in [3.8, 4) is 0 Å². The fraction of sp³-hybridized carbons (Fsp3) is 0.167. The number of nitrogens with zero attached hydrogens (tertiary/aromatic N) is 2. The number of nitrogens with one attached hydrogen (secondary N) is 2. The summed E-state index contributed by atoms with van der Waals surface area (Å²) in [7, 11) is 0. The van der Waals surface area contributed by atoms with E-state index in [2.05, 4.69) is 20.5 Å². The summed E-state index contributed by atoms with van der Waals surface area (Å²) in [6.45, 7) is 1.67. The van der Waals surface area contributed by atoms with Crippen molar-refractivity contribution in [3.63, 3.8) is 0 Å². The van der Waals surface area contributed by atoms with Crippen LogP contribution in [-0.2, 0) is 10.3 Å². The van der Waals surface area contributed by atoms with Gasteiger partial charge in [-0.25, -0.2) is 4.98 Å². The monoisotopic (exact) mass is 275 g/mol. The fourth-order valence-electron chi connectivity index (χ4n) is 1.93. The van der Waals surface area contributed by atoms with Crippen LogP contribution in [0.15, 0.2) is 36.7 Å². The van der Waals surface area contributed by atoms with Gasteiger partial charge in [0.05, 0.1) is 4.99 Å². The molecule has 98 valence electrons. The van der Waals surface area contributed by atoms with Gasteiger partial charge in [0.15, 0.2) is 5.82 Å². The lowest BCUT2D eigenvalue weighted by atomic mass is 9.88. The molecule has 0 spiro atoms. The Hall–Kier alpha value is -2.28. The zero-order valence-corrected chi connectivity index (χ0v) is 11.1. The van der Waals surface area contributed by atoms with Crippen LogP contribution in [0.2, 0.25) is 0 Å². The van der Waals surface area contributed by atoms with Crippen molar-refractivity contribution in [2.75, 3.05) is 0 Å². The molecule has 0 radical (unpaired) electrons. The number of amides is 1. The summed E-state index contributed by atoms with van der Waals surface area (Å²) >= 11 is 5.06. The third-order valence-corrected chi connectivity index (χ3v) is 2.81. The van der Waals surface area contributed by atoms with E-state index in [1.54, 1.807) is 19.1 Å². The van der Waals surface area contributed by atoms with Crippen molar-refractivity contribution in [1.29, 1.82) is 0 Å². The summed E-state index contributed by atoms with van der Waals surface area (Å²) in [6.07, 6.45) is 1.32. The largest absolute Gasteiger partial charge is 0.367 e. The molecule has 2 rings (SSSR count). The SMILES string of the molecule is CC(=S)NC(C(N)=O)(c1ccccc1)c1ncn[nH]1. The van der Waals surface area contributed by atoms with Gasteiger partial charge in [0.25, 0.3) is 5.91 Å². The highest BCUT2D eigenvalue weighted by molar-refractivity contribution is 7.80. The molecule has 0 aliphatic rings. The Labute approximate surface area is 115 Å². The van der Waals surface area contributed by atoms with Crippen LogP contribution in [0.3, 0.4) is 0 Å². The normalized spacial score (nSPS) is 13.5. The van der Waals surface area contributed by atoms with Gasteiger partial charge in [-0.3, -0.25) is 9.89 Å². The molecule has 1 heterocycles. The standard InChI is InChI=1S/C12H13N5OS/c1-8(19)16-12(10(13)18,11-14-7-15-17-11)9-5-3-2-4-6-9/h2-7H,1H3,(H2,13,18)(H,16,19)(H,14,15,17). The van der Waals surface area contributed by atoms with Crippen LogP contribution in [0.25, 0.3) is 0 Å². The van der Waals surface area contributed by atoms with E-state index in [1.165, 1.54) is 6.33 Å². The van der Waals surface area contributed by atoms with Gasteiger partial charge in [0, 0.05) is 0 Å². The smallest absolute Gasteiger partial charge is 0.255 e. The molecule has 0 saturated carbocycles. The molecule has 4 N–H and O–H groups in total. The van der Waals surface area contributed by atoms with E-state index in [9.17, 15) is 4.79 Å². The summed E-state index contributed by atoms with van der Waals surface area (Å²) < 4.78 is 0. The van der Waals surface area contributed by atoms with E-state index in [0.717, 1.165) is 0 Å². The maximum Gasteiger partial charge on any atom is 0.255 e. The van der Waals surface area contributed by atoms with Crippen molar-refractivity contribution >= 4 is 23.1 Å². The summed E-state index contributed by atoms with van der Waals surface area (Å²) in [5, 5.41) is 9.39. The maximum atomic E-state index is 12.1. The molecular weight excluding hydrogens is 262 g/mol. The first-order chi connectivity index (χ1) is 9.07. The van der Waals surface area contributed by atoms with E-state index in [-0.39, 0.29) is 0 Å². The number of thiocarbonyl (C=S) groups is 1. The molecule has 6 nitrogen and oxygen atoms in total. The van der Waals surface area contributed by atoms with E-state index < -0.39 is 11.4 Å². The van der Waals surface area contributed by atoms with Crippen LogP contribution in [0.4, 0.5) is 0 Å². The van der Waals surface area contributed by atoms with Gasteiger partial charge < -0.3 is 11.1 Å². The Bertz CT molecular complexity index is 583. The second-order valence-electron chi connectivity index (χ2n) is 4.00. The molecule has 1 aromatic heterocycles. The van der Waals surface area contributed by atoms with Gasteiger partial charge in [-0.05, 0) is 12.5 Å². The zero-order valence-electron chi connectivity index (χ0n) is 10.3. The van der Waals surface area contributed by atoms with Crippen LogP contribution < -0.4 is 11.1 Å². The van der Waals surface area contributed by atoms with E-state index >= 15 is 0 Å². The zero-order chi connectivity index (χ0) is 13.9. The average molecular weight is 275 g/mol. The fourth-order valence-corrected chi connectivity index (χ4v) is 2.08. The Kier molecular flexibility index (Phi) is 3.57. The lowest BCUT2D eigenvalue weighted by Crippen LogP contribution is -2.55. The molecule has 1 aromatic carbocycles. The first-order valence-electron chi connectivity index (χ1n) is 5.57. The predicted molar refractivity (Wildman–Crippen MR) is 74.2 cm³/mol. The summed E-state index contributed by atoms with van der Waals surface area (Å²) in [5.74, 6) is -0.310. The molecule has 0 saturated heterocycles. The third kappa shape index (κ3) is 2.32. The van der Waals surface area contributed by atoms with Crippen LogP contribution >= 0.6 is 12.2 Å². The van der Waals surface area contributed by atoms with E-state index in [0.29, 0.717) is 16.4 Å². The van der Waals surface area contributed by atoms with Gasteiger partial charge in [-0.1, -0.05) is 42.5 Å². The molecule has 1 atom stereocenters. The van der Waals surface area contributed by atoms with Crippen LogP contribution in [0.5, 0.6) is 0 Å². The maximum absolute atomic E-state index is 12.1. The number of rotatable bonds is 4. The number of aromatic amines is 1. The van der Waals surface area contributed by atoms with E-state index in [1.807, 2.05) is 18.2 Å². The minimum absolute atomic E-state index is 0.301. The van der Waals surface area contributed by atoms with Gasteiger partial charge in [0.1, 0.15) is 6.33 Å². The molecule has 0 aliphatic carbocycles. The lowest BCUT2D eigenvalue weighted by molar-refractivity contribution is -0.122. The molecule has 1 amide bonds. The number of hydrogen-bond donors (Lipinski definition) is 3. The second kappa shape index (κ2) is 5.15. The third-order valence-electron chi connectivity index (χ3n) is 2.71. The van der Waals surface area contributed by atoms with Crippen molar-refractivity contribution in [1.82, 2.24) is 20.5 Å². The number of carbonyl (C=O) groups excluding carboxylic acids is 1. The molecule has 2 aromatic rings. The summed E-state index contributed by atoms with van der Waals surface area (Å²) in [6, 6.07) is 9.02. The minimum atomic E-state index is -1.34. The second-order valence-corrected chi connectivity index (χ2v) is 4.61. The van der Waals surface area contributed by atoms with Gasteiger partial charge in [-0.15, -0.1) is 0 Å². The molecule has 0 fully saturated rings. The highest BCUT2D eigenvalue weighted by Gasteiger charge is 2.43. The highest BCUT2D eigenvalue weighted by atomic mass is 32.1. The van der Waals surface area contributed by atoms with Gasteiger partial charge >= 0.3 is 0 Å². The Morgan fingerprint density at radius 3 is 2.58 bits per heavy atom. The molecule has 0 bridgehead atoms. The average Bonchev–Trinajstić information content (AvgIpc) is 2.90. The van der Waals surface area contributed by atoms with Crippen LogP contribution in [-0.4, -0.2) is 26.1 Å². The van der Waals surface area contributed by atoms with Gasteiger partial charge in [0.2, 0.25) is 5.54 Å². The molecule has 0 aliphatic heterocycles.